The van der Waals surface area contributed by atoms with Crippen LogP contribution in [0.4, 0.5) is 5.69 Å². The zero-order valence-electron chi connectivity index (χ0n) is 11.5. The van der Waals surface area contributed by atoms with Crippen molar-refractivity contribution in [2.75, 3.05) is 5.32 Å². The molecule has 1 aromatic heterocycles. The highest BCUT2D eigenvalue weighted by Gasteiger charge is 2.11. The van der Waals surface area contributed by atoms with Crippen LogP contribution in [0.3, 0.4) is 0 Å². The third-order valence-electron chi connectivity index (χ3n) is 3.18. The average molecular weight is 274 g/mol. The maximum absolute atomic E-state index is 11.5. The number of anilines is 1. The molecule has 0 radical (unpaired) electrons. The van der Waals surface area contributed by atoms with Crippen LogP contribution in [0.1, 0.15) is 25.5 Å². The van der Waals surface area contributed by atoms with Gasteiger partial charge in [0.15, 0.2) is 0 Å². The Bertz CT molecular complexity index is 664. The predicted molar refractivity (Wildman–Crippen MR) is 78.2 cm³/mol. The first-order chi connectivity index (χ1) is 9.51. The van der Waals surface area contributed by atoms with E-state index in [-0.39, 0.29) is 23.1 Å². The first kappa shape index (κ1) is 14.0. The summed E-state index contributed by atoms with van der Waals surface area (Å²) in [7, 11) is 0. The fraction of sp³-hybridized carbons (Fsp3) is 0.267. The van der Waals surface area contributed by atoms with Gasteiger partial charge in [0.05, 0.1) is 11.7 Å². The molecule has 1 aromatic carbocycles. The van der Waals surface area contributed by atoms with Gasteiger partial charge in [0, 0.05) is 24.4 Å². The molecule has 0 aliphatic carbocycles. The molecule has 0 saturated heterocycles. The number of aromatic hydroxyl groups is 2. The first-order valence-electron chi connectivity index (χ1n) is 6.50. The molecule has 2 aromatic rings. The second-order valence-electron chi connectivity index (χ2n) is 4.65. The minimum Gasteiger partial charge on any atom is -0.508 e. The zero-order chi connectivity index (χ0) is 14.7. The lowest BCUT2D eigenvalue weighted by atomic mass is 10.1. The minimum absolute atomic E-state index is 0.0501. The van der Waals surface area contributed by atoms with Crippen molar-refractivity contribution in [1.29, 1.82) is 0 Å². The highest BCUT2D eigenvalue weighted by Crippen LogP contribution is 2.29. The third-order valence-corrected chi connectivity index (χ3v) is 3.18. The molecule has 5 nitrogen and oxygen atoms in total. The van der Waals surface area contributed by atoms with Crippen LogP contribution in [0.25, 0.3) is 0 Å². The molecule has 2 rings (SSSR count). The summed E-state index contributed by atoms with van der Waals surface area (Å²) < 4.78 is 1.59. The lowest BCUT2D eigenvalue weighted by Crippen LogP contribution is -2.18. The van der Waals surface area contributed by atoms with Gasteiger partial charge in [-0.3, -0.25) is 4.79 Å². The van der Waals surface area contributed by atoms with Gasteiger partial charge in [0.1, 0.15) is 11.5 Å². The number of aryl methyl sites for hydroxylation is 1. The summed E-state index contributed by atoms with van der Waals surface area (Å²) in [5.74, 6) is 0.219. The summed E-state index contributed by atoms with van der Waals surface area (Å²) in [6.45, 7) is 4.37. The van der Waals surface area contributed by atoms with Gasteiger partial charge < -0.3 is 20.1 Å². The predicted octanol–water partition coefficient (Wildman–Crippen LogP) is 2.45. The van der Waals surface area contributed by atoms with E-state index in [4.69, 9.17) is 0 Å². The number of benzene rings is 1. The van der Waals surface area contributed by atoms with E-state index in [0.29, 0.717) is 12.1 Å². The van der Waals surface area contributed by atoms with Crippen LogP contribution in [0.15, 0.2) is 41.3 Å². The maximum atomic E-state index is 11.5. The van der Waals surface area contributed by atoms with Gasteiger partial charge in [0.2, 0.25) is 0 Å². The molecule has 3 N–H and O–H groups in total. The smallest absolute Gasteiger partial charge is 0.250 e. The lowest BCUT2D eigenvalue weighted by molar-refractivity contribution is 0.451. The highest BCUT2D eigenvalue weighted by atomic mass is 16.3. The van der Waals surface area contributed by atoms with Crippen molar-refractivity contribution in [3.05, 3.63) is 52.4 Å². The van der Waals surface area contributed by atoms with Crippen molar-refractivity contribution >= 4 is 5.69 Å². The summed E-state index contributed by atoms with van der Waals surface area (Å²) in [6, 6.07) is 7.40. The molecule has 0 amide bonds. The van der Waals surface area contributed by atoms with Crippen molar-refractivity contribution in [3.8, 4) is 11.5 Å². The summed E-state index contributed by atoms with van der Waals surface area (Å²) in [6.07, 6.45) is 1.73. The quantitative estimate of drug-likeness (QED) is 0.749. The molecule has 0 aliphatic heterocycles. The normalized spacial score (nSPS) is 12.1. The van der Waals surface area contributed by atoms with E-state index in [0.717, 1.165) is 5.69 Å². The monoisotopic (exact) mass is 274 g/mol. The summed E-state index contributed by atoms with van der Waals surface area (Å²) in [5, 5.41) is 22.5. The number of aromatic nitrogens is 1. The molecule has 1 unspecified atom stereocenters. The summed E-state index contributed by atoms with van der Waals surface area (Å²) in [5.41, 5.74) is 1.33. The molecule has 106 valence electrons. The van der Waals surface area contributed by atoms with Gasteiger partial charge in [-0.2, -0.15) is 0 Å². The van der Waals surface area contributed by atoms with Crippen molar-refractivity contribution < 1.29 is 10.2 Å². The Kier molecular flexibility index (Phi) is 3.98. The molecule has 20 heavy (non-hydrogen) atoms. The van der Waals surface area contributed by atoms with Gasteiger partial charge >= 0.3 is 0 Å². The SMILES string of the molecule is CCn1cc(NC(C)c2cc(O)ccc2O)ccc1=O. The Morgan fingerprint density at radius 1 is 1.25 bits per heavy atom. The topological polar surface area (TPSA) is 74.5 Å². The Morgan fingerprint density at radius 2 is 2.00 bits per heavy atom. The van der Waals surface area contributed by atoms with Crippen molar-refractivity contribution in [1.82, 2.24) is 4.57 Å². The fourth-order valence-electron chi connectivity index (χ4n) is 2.08. The second kappa shape index (κ2) is 5.69. The van der Waals surface area contributed by atoms with Gasteiger partial charge in [-0.1, -0.05) is 0 Å². The Labute approximate surface area is 117 Å². The molecule has 5 heteroatoms. The van der Waals surface area contributed by atoms with Gasteiger partial charge in [0.25, 0.3) is 5.56 Å². The Hall–Kier alpha value is -2.43. The van der Waals surface area contributed by atoms with Crippen LogP contribution in [0.5, 0.6) is 11.5 Å². The number of rotatable bonds is 4. The number of phenolic OH excluding ortho intramolecular Hbond substituents is 2. The van der Waals surface area contributed by atoms with Gasteiger partial charge in [-0.05, 0) is 38.1 Å². The number of hydrogen-bond acceptors (Lipinski definition) is 4. The van der Waals surface area contributed by atoms with E-state index in [2.05, 4.69) is 5.32 Å². The van der Waals surface area contributed by atoms with Crippen molar-refractivity contribution in [2.24, 2.45) is 0 Å². The highest BCUT2D eigenvalue weighted by molar-refractivity contribution is 5.47. The van der Waals surface area contributed by atoms with Crippen LogP contribution in [0.2, 0.25) is 0 Å². The second-order valence-corrected chi connectivity index (χ2v) is 4.65. The van der Waals surface area contributed by atoms with Gasteiger partial charge in [-0.15, -0.1) is 0 Å². The summed E-state index contributed by atoms with van der Waals surface area (Å²) >= 11 is 0. The van der Waals surface area contributed by atoms with Crippen LogP contribution in [-0.2, 0) is 6.54 Å². The molecule has 0 bridgehead atoms. The fourth-order valence-corrected chi connectivity index (χ4v) is 2.08. The molecule has 0 spiro atoms. The van der Waals surface area contributed by atoms with E-state index < -0.39 is 0 Å². The van der Waals surface area contributed by atoms with Gasteiger partial charge in [-0.25, -0.2) is 0 Å². The molecule has 0 saturated carbocycles. The van der Waals surface area contributed by atoms with Crippen LogP contribution >= 0.6 is 0 Å². The number of hydrogen-bond donors (Lipinski definition) is 3. The average Bonchev–Trinajstić information content (AvgIpc) is 2.43. The molecule has 1 heterocycles. The lowest BCUT2D eigenvalue weighted by Gasteiger charge is -2.17. The standard InChI is InChI=1S/C15H18N2O3/c1-3-17-9-11(4-7-15(17)20)16-10(2)13-8-12(18)5-6-14(13)19/h4-10,16,18-19H,3H2,1-2H3. The molecular weight excluding hydrogens is 256 g/mol. The largest absolute Gasteiger partial charge is 0.508 e. The molecule has 1 atom stereocenters. The minimum atomic E-state index is -0.204. The summed E-state index contributed by atoms with van der Waals surface area (Å²) in [4.78, 5) is 11.5. The molecule has 0 fully saturated rings. The maximum Gasteiger partial charge on any atom is 0.250 e. The van der Waals surface area contributed by atoms with E-state index in [9.17, 15) is 15.0 Å². The van der Waals surface area contributed by atoms with Crippen LogP contribution < -0.4 is 10.9 Å². The number of pyridine rings is 1. The van der Waals surface area contributed by atoms with Crippen molar-refractivity contribution in [3.63, 3.8) is 0 Å². The number of nitrogens with one attached hydrogen (secondary N) is 1. The van der Waals surface area contributed by atoms with E-state index in [1.54, 1.807) is 16.8 Å². The van der Waals surface area contributed by atoms with Crippen LogP contribution in [-0.4, -0.2) is 14.8 Å². The third kappa shape index (κ3) is 2.93. The van der Waals surface area contributed by atoms with Crippen molar-refractivity contribution in [2.45, 2.75) is 26.4 Å². The Morgan fingerprint density at radius 3 is 2.70 bits per heavy atom. The Balaban J connectivity index is 2.25. The number of phenols is 2. The van der Waals surface area contributed by atoms with E-state index in [1.807, 2.05) is 13.8 Å². The molecule has 0 aliphatic rings. The first-order valence-corrected chi connectivity index (χ1v) is 6.50. The molecular formula is C15H18N2O3. The van der Waals surface area contributed by atoms with E-state index >= 15 is 0 Å². The van der Waals surface area contributed by atoms with Crippen LogP contribution in [0, 0.1) is 0 Å². The number of nitrogens with zero attached hydrogens (tertiary/aromatic N) is 1. The zero-order valence-corrected chi connectivity index (χ0v) is 11.5. The van der Waals surface area contributed by atoms with E-state index in [1.165, 1.54) is 24.3 Å².